The Labute approximate surface area is 140 Å². The SMILES string of the molecule is CCCCCCCCOc1nn2c(=O)cnnc2c2ccccc12. The van der Waals surface area contributed by atoms with Gasteiger partial charge in [-0.05, 0) is 12.5 Å². The van der Waals surface area contributed by atoms with Crippen molar-refractivity contribution in [1.29, 1.82) is 0 Å². The molecule has 3 aromatic rings. The Morgan fingerprint density at radius 1 is 1.04 bits per heavy atom. The molecule has 0 saturated carbocycles. The second-order valence-corrected chi connectivity index (χ2v) is 5.89. The van der Waals surface area contributed by atoms with Gasteiger partial charge in [0, 0.05) is 10.8 Å². The van der Waals surface area contributed by atoms with E-state index in [2.05, 4.69) is 22.2 Å². The first-order chi connectivity index (χ1) is 11.8. The number of unbranched alkanes of at least 4 members (excludes halogenated alkanes) is 5. The standard InChI is InChI=1S/C18H22N4O2/c1-2-3-4-5-6-9-12-24-18-15-11-8-7-10-14(15)17-20-19-13-16(23)22(17)21-18/h7-8,10-11,13H,2-6,9,12H2,1H3. The Bertz CT molecular complexity index is 876. The van der Waals surface area contributed by atoms with E-state index < -0.39 is 0 Å². The van der Waals surface area contributed by atoms with E-state index in [9.17, 15) is 4.79 Å². The van der Waals surface area contributed by atoms with Gasteiger partial charge in [-0.2, -0.15) is 9.61 Å². The maximum absolute atomic E-state index is 12.0. The molecule has 24 heavy (non-hydrogen) atoms. The van der Waals surface area contributed by atoms with Gasteiger partial charge < -0.3 is 4.74 Å². The van der Waals surface area contributed by atoms with Crippen LogP contribution in [0.4, 0.5) is 0 Å². The molecule has 0 amide bonds. The number of rotatable bonds is 8. The average molecular weight is 326 g/mol. The van der Waals surface area contributed by atoms with Gasteiger partial charge in [0.1, 0.15) is 6.20 Å². The maximum Gasteiger partial charge on any atom is 0.293 e. The van der Waals surface area contributed by atoms with Crippen molar-refractivity contribution in [3.63, 3.8) is 0 Å². The summed E-state index contributed by atoms with van der Waals surface area (Å²) in [4.78, 5) is 12.0. The molecule has 0 aliphatic rings. The number of benzene rings is 1. The van der Waals surface area contributed by atoms with Crippen LogP contribution < -0.4 is 10.3 Å². The molecule has 1 aromatic carbocycles. The second-order valence-electron chi connectivity index (χ2n) is 5.89. The van der Waals surface area contributed by atoms with Crippen LogP contribution in [0.2, 0.25) is 0 Å². The number of hydrogen-bond donors (Lipinski definition) is 0. The monoisotopic (exact) mass is 326 g/mol. The topological polar surface area (TPSA) is 69.4 Å². The van der Waals surface area contributed by atoms with Gasteiger partial charge in [-0.15, -0.1) is 10.2 Å². The van der Waals surface area contributed by atoms with E-state index in [1.807, 2.05) is 24.3 Å². The van der Waals surface area contributed by atoms with E-state index in [1.165, 1.54) is 30.2 Å². The molecule has 0 atom stereocenters. The molecular formula is C18H22N4O2. The number of nitrogens with zero attached hydrogens (tertiary/aromatic N) is 4. The molecular weight excluding hydrogens is 304 g/mol. The van der Waals surface area contributed by atoms with Crippen LogP contribution in [-0.4, -0.2) is 26.4 Å². The predicted octanol–water partition coefficient (Wildman–Crippen LogP) is 3.38. The Morgan fingerprint density at radius 2 is 1.79 bits per heavy atom. The molecule has 3 rings (SSSR count). The first-order valence-electron chi connectivity index (χ1n) is 8.57. The van der Waals surface area contributed by atoms with Crippen molar-refractivity contribution in [1.82, 2.24) is 19.8 Å². The Hall–Kier alpha value is -2.50. The van der Waals surface area contributed by atoms with Crippen LogP contribution in [0.25, 0.3) is 16.4 Å². The van der Waals surface area contributed by atoms with Crippen molar-refractivity contribution in [3.8, 4) is 5.88 Å². The number of hydrogen-bond acceptors (Lipinski definition) is 5. The molecule has 2 heterocycles. The minimum Gasteiger partial charge on any atom is -0.476 e. The van der Waals surface area contributed by atoms with Gasteiger partial charge in [-0.25, -0.2) is 0 Å². The molecule has 2 aromatic heterocycles. The summed E-state index contributed by atoms with van der Waals surface area (Å²) in [5, 5.41) is 13.8. The summed E-state index contributed by atoms with van der Waals surface area (Å²) < 4.78 is 7.13. The largest absolute Gasteiger partial charge is 0.476 e. The van der Waals surface area contributed by atoms with Crippen molar-refractivity contribution in [2.75, 3.05) is 6.61 Å². The van der Waals surface area contributed by atoms with E-state index in [0.29, 0.717) is 18.1 Å². The van der Waals surface area contributed by atoms with E-state index in [0.717, 1.165) is 29.8 Å². The fraction of sp³-hybridized carbons (Fsp3) is 0.444. The van der Waals surface area contributed by atoms with Crippen LogP contribution in [0.3, 0.4) is 0 Å². The third kappa shape index (κ3) is 3.53. The fourth-order valence-corrected chi connectivity index (χ4v) is 2.77. The van der Waals surface area contributed by atoms with Crippen LogP contribution in [0.1, 0.15) is 45.4 Å². The van der Waals surface area contributed by atoms with Gasteiger partial charge >= 0.3 is 0 Å². The first kappa shape index (κ1) is 16.4. The van der Waals surface area contributed by atoms with Crippen molar-refractivity contribution in [2.24, 2.45) is 0 Å². The van der Waals surface area contributed by atoms with E-state index in [1.54, 1.807) is 0 Å². The van der Waals surface area contributed by atoms with Crippen LogP contribution >= 0.6 is 0 Å². The lowest BCUT2D eigenvalue weighted by Gasteiger charge is -2.10. The van der Waals surface area contributed by atoms with Crippen molar-refractivity contribution < 1.29 is 4.74 Å². The molecule has 0 unspecified atom stereocenters. The molecule has 0 radical (unpaired) electrons. The van der Waals surface area contributed by atoms with E-state index in [4.69, 9.17) is 4.74 Å². The normalized spacial score (nSPS) is 11.2. The molecule has 0 aliphatic heterocycles. The van der Waals surface area contributed by atoms with Crippen molar-refractivity contribution >= 4 is 16.4 Å². The Kier molecular flexibility index (Phi) is 5.36. The summed E-state index contributed by atoms with van der Waals surface area (Å²) >= 11 is 0. The quantitative estimate of drug-likeness (QED) is 0.469. The summed E-state index contributed by atoms with van der Waals surface area (Å²) in [5.74, 6) is 0.474. The highest BCUT2D eigenvalue weighted by Gasteiger charge is 2.11. The molecule has 0 spiro atoms. The average Bonchev–Trinajstić information content (AvgIpc) is 2.61. The summed E-state index contributed by atoms with van der Waals surface area (Å²) in [6.07, 6.45) is 8.35. The number of aromatic nitrogens is 4. The zero-order valence-corrected chi connectivity index (χ0v) is 13.9. The predicted molar refractivity (Wildman–Crippen MR) is 93.4 cm³/mol. The minimum atomic E-state index is -0.310. The van der Waals surface area contributed by atoms with Gasteiger partial charge in [-0.1, -0.05) is 57.2 Å². The smallest absolute Gasteiger partial charge is 0.293 e. The van der Waals surface area contributed by atoms with E-state index >= 15 is 0 Å². The third-order valence-corrected chi connectivity index (χ3v) is 4.06. The number of fused-ring (bicyclic) bond motifs is 3. The van der Waals surface area contributed by atoms with Crippen LogP contribution in [0.15, 0.2) is 35.3 Å². The Balaban J connectivity index is 1.79. The molecule has 126 valence electrons. The molecule has 0 bridgehead atoms. The summed E-state index contributed by atoms with van der Waals surface area (Å²) in [6, 6.07) is 7.65. The fourth-order valence-electron chi connectivity index (χ4n) is 2.77. The van der Waals surface area contributed by atoms with E-state index in [-0.39, 0.29) is 5.56 Å². The molecule has 6 nitrogen and oxygen atoms in total. The third-order valence-electron chi connectivity index (χ3n) is 4.06. The second kappa shape index (κ2) is 7.86. The molecule has 0 fully saturated rings. The first-order valence-corrected chi connectivity index (χ1v) is 8.57. The number of ether oxygens (including phenoxy) is 1. The van der Waals surface area contributed by atoms with Gasteiger partial charge in [-0.3, -0.25) is 4.79 Å². The van der Waals surface area contributed by atoms with Crippen molar-refractivity contribution in [3.05, 3.63) is 40.8 Å². The highest BCUT2D eigenvalue weighted by atomic mass is 16.5. The molecule has 0 N–H and O–H groups in total. The van der Waals surface area contributed by atoms with Gasteiger partial charge in [0.2, 0.25) is 5.88 Å². The zero-order valence-electron chi connectivity index (χ0n) is 13.9. The highest BCUT2D eigenvalue weighted by molar-refractivity contribution is 5.96. The maximum atomic E-state index is 12.0. The van der Waals surface area contributed by atoms with Gasteiger partial charge in [0.15, 0.2) is 5.65 Å². The molecule has 0 saturated heterocycles. The lowest BCUT2D eigenvalue weighted by atomic mass is 10.1. The van der Waals surface area contributed by atoms with Gasteiger partial charge in [0.05, 0.1) is 6.61 Å². The van der Waals surface area contributed by atoms with Crippen molar-refractivity contribution in [2.45, 2.75) is 45.4 Å². The molecule has 0 aliphatic carbocycles. The lowest BCUT2D eigenvalue weighted by Crippen LogP contribution is -2.18. The van der Waals surface area contributed by atoms with Crippen LogP contribution in [0, 0.1) is 0 Å². The van der Waals surface area contributed by atoms with Crippen LogP contribution in [0.5, 0.6) is 5.88 Å². The highest BCUT2D eigenvalue weighted by Crippen LogP contribution is 2.25. The van der Waals surface area contributed by atoms with Crippen LogP contribution in [-0.2, 0) is 0 Å². The zero-order chi connectivity index (χ0) is 16.8. The summed E-state index contributed by atoms with van der Waals surface area (Å²) in [5.41, 5.74) is 0.139. The Morgan fingerprint density at radius 3 is 2.62 bits per heavy atom. The lowest BCUT2D eigenvalue weighted by molar-refractivity contribution is 0.292. The summed E-state index contributed by atoms with van der Waals surface area (Å²) in [6.45, 7) is 2.81. The molecule has 6 heteroatoms. The minimum absolute atomic E-state index is 0.310. The summed E-state index contributed by atoms with van der Waals surface area (Å²) in [7, 11) is 0. The van der Waals surface area contributed by atoms with Gasteiger partial charge in [0.25, 0.3) is 5.56 Å².